The van der Waals surface area contributed by atoms with Crippen molar-refractivity contribution in [3.63, 3.8) is 0 Å². The molecule has 9 nitrogen and oxygen atoms in total. The molecule has 1 saturated heterocycles. The van der Waals surface area contributed by atoms with Gasteiger partial charge in [-0.15, -0.1) is 0 Å². The molecule has 1 aliphatic heterocycles. The molecule has 4 unspecified atom stereocenters. The molecule has 0 spiro atoms. The van der Waals surface area contributed by atoms with Crippen LogP contribution in [0.1, 0.15) is 6.23 Å². The SMILES string of the molecule is CNc1cnn(C2OC(CO)C(O)C2O)c(=O)n1. The number of ether oxygens (including phenoxy) is 1. The summed E-state index contributed by atoms with van der Waals surface area (Å²) in [4.78, 5) is 15.3. The van der Waals surface area contributed by atoms with Gasteiger partial charge in [-0.3, -0.25) is 0 Å². The zero-order valence-corrected chi connectivity index (χ0v) is 9.59. The number of nitrogens with zero attached hydrogens (tertiary/aromatic N) is 3. The van der Waals surface area contributed by atoms with E-state index in [4.69, 9.17) is 9.84 Å². The topological polar surface area (TPSA) is 130 Å². The van der Waals surface area contributed by atoms with Crippen LogP contribution in [0, 0.1) is 0 Å². The van der Waals surface area contributed by atoms with E-state index in [0.717, 1.165) is 4.68 Å². The number of aromatic nitrogens is 3. The summed E-state index contributed by atoms with van der Waals surface area (Å²) in [7, 11) is 1.58. The Hall–Kier alpha value is -1.55. The standard InChI is InChI=1S/C9H14N4O5/c1-10-5-2-11-13(9(17)12-5)8-7(16)6(15)4(3-14)18-8/h2,4,6-8,14-16H,3H2,1H3,(H,10,12,17). The van der Waals surface area contributed by atoms with Crippen LogP contribution in [0.5, 0.6) is 0 Å². The van der Waals surface area contributed by atoms with Crippen LogP contribution in [0.15, 0.2) is 11.0 Å². The molecular weight excluding hydrogens is 244 g/mol. The number of nitrogens with one attached hydrogen (secondary N) is 1. The molecule has 18 heavy (non-hydrogen) atoms. The van der Waals surface area contributed by atoms with Gasteiger partial charge < -0.3 is 25.4 Å². The van der Waals surface area contributed by atoms with Gasteiger partial charge in [0, 0.05) is 7.05 Å². The summed E-state index contributed by atoms with van der Waals surface area (Å²) in [5, 5.41) is 34.7. The van der Waals surface area contributed by atoms with Crippen molar-refractivity contribution >= 4 is 5.82 Å². The molecule has 0 saturated carbocycles. The Morgan fingerprint density at radius 3 is 2.72 bits per heavy atom. The van der Waals surface area contributed by atoms with Crippen molar-refractivity contribution < 1.29 is 20.1 Å². The zero-order chi connectivity index (χ0) is 13.3. The number of hydrogen-bond acceptors (Lipinski definition) is 8. The molecule has 0 radical (unpaired) electrons. The van der Waals surface area contributed by atoms with Crippen LogP contribution in [0.4, 0.5) is 5.82 Å². The van der Waals surface area contributed by atoms with Gasteiger partial charge in [-0.2, -0.15) is 14.8 Å². The fourth-order valence-electron chi connectivity index (χ4n) is 1.73. The lowest BCUT2D eigenvalue weighted by molar-refractivity contribution is -0.0616. The molecule has 4 atom stereocenters. The van der Waals surface area contributed by atoms with Gasteiger partial charge in [0.1, 0.15) is 18.3 Å². The number of aliphatic hydroxyl groups is 3. The molecule has 1 aliphatic rings. The second kappa shape index (κ2) is 4.98. The Bertz CT molecular complexity index is 478. The molecule has 0 aliphatic carbocycles. The van der Waals surface area contributed by atoms with Gasteiger partial charge in [-0.1, -0.05) is 0 Å². The van der Waals surface area contributed by atoms with Crippen LogP contribution in [0.3, 0.4) is 0 Å². The molecule has 1 aromatic rings. The molecule has 2 rings (SSSR count). The monoisotopic (exact) mass is 258 g/mol. The van der Waals surface area contributed by atoms with Gasteiger partial charge in [-0.05, 0) is 0 Å². The average molecular weight is 258 g/mol. The number of rotatable bonds is 3. The maximum atomic E-state index is 11.6. The van der Waals surface area contributed by atoms with Crippen LogP contribution in [0.2, 0.25) is 0 Å². The third-order valence-electron chi connectivity index (χ3n) is 2.73. The van der Waals surface area contributed by atoms with Crippen molar-refractivity contribution in [2.75, 3.05) is 19.0 Å². The van der Waals surface area contributed by atoms with E-state index >= 15 is 0 Å². The molecule has 0 aromatic carbocycles. The van der Waals surface area contributed by atoms with Crippen molar-refractivity contribution in [3.05, 3.63) is 16.7 Å². The van der Waals surface area contributed by atoms with Gasteiger partial charge in [0.25, 0.3) is 0 Å². The van der Waals surface area contributed by atoms with E-state index < -0.39 is 36.8 Å². The maximum Gasteiger partial charge on any atom is 0.368 e. The fraction of sp³-hybridized carbons (Fsp3) is 0.667. The summed E-state index contributed by atoms with van der Waals surface area (Å²) in [6.45, 7) is -0.467. The van der Waals surface area contributed by atoms with E-state index in [2.05, 4.69) is 15.4 Å². The second-order valence-electron chi connectivity index (χ2n) is 3.85. The molecule has 9 heteroatoms. The highest BCUT2D eigenvalue weighted by molar-refractivity contribution is 5.27. The number of hydrogen-bond donors (Lipinski definition) is 4. The van der Waals surface area contributed by atoms with Crippen LogP contribution in [0.25, 0.3) is 0 Å². The van der Waals surface area contributed by atoms with Gasteiger partial charge in [0.15, 0.2) is 12.0 Å². The van der Waals surface area contributed by atoms with Crippen molar-refractivity contribution in [2.45, 2.75) is 24.5 Å². The average Bonchev–Trinajstić information content (AvgIpc) is 2.66. The van der Waals surface area contributed by atoms with Crippen molar-refractivity contribution in [2.24, 2.45) is 0 Å². The minimum absolute atomic E-state index is 0.281. The Labute approximate surface area is 102 Å². The van der Waals surface area contributed by atoms with E-state index in [1.54, 1.807) is 7.05 Å². The molecular formula is C9H14N4O5. The van der Waals surface area contributed by atoms with E-state index in [9.17, 15) is 15.0 Å². The minimum atomic E-state index is -1.35. The highest BCUT2D eigenvalue weighted by atomic mass is 16.6. The maximum absolute atomic E-state index is 11.6. The van der Waals surface area contributed by atoms with E-state index in [-0.39, 0.29) is 5.82 Å². The Balaban J connectivity index is 2.30. The summed E-state index contributed by atoms with van der Waals surface area (Å²) in [5.74, 6) is 0.281. The normalized spacial score (nSPS) is 31.6. The predicted octanol–water partition coefficient (Wildman–Crippen LogP) is -2.71. The minimum Gasteiger partial charge on any atom is -0.394 e. The lowest BCUT2D eigenvalue weighted by atomic mass is 10.1. The Morgan fingerprint density at radius 1 is 1.50 bits per heavy atom. The first-order chi connectivity index (χ1) is 8.58. The summed E-state index contributed by atoms with van der Waals surface area (Å²) in [5.41, 5.74) is -0.725. The van der Waals surface area contributed by atoms with Crippen LogP contribution in [-0.4, -0.2) is 62.1 Å². The molecule has 0 bridgehead atoms. The van der Waals surface area contributed by atoms with E-state index in [1.165, 1.54) is 6.20 Å². The van der Waals surface area contributed by atoms with Crippen LogP contribution < -0.4 is 11.0 Å². The van der Waals surface area contributed by atoms with Crippen molar-refractivity contribution in [1.82, 2.24) is 14.8 Å². The molecule has 1 aromatic heterocycles. The molecule has 1 fully saturated rings. The van der Waals surface area contributed by atoms with Gasteiger partial charge in [0.2, 0.25) is 0 Å². The van der Waals surface area contributed by atoms with Crippen LogP contribution >= 0.6 is 0 Å². The third-order valence-corrected chi connectivity index (χ3v) is 2.73. The number of anilines is 1. The second-order valence-corrected chi connectivity index (χ2v) is 3.85. The predicted molar refractivity (Wildman–Crippen MR) is 58.8 cm³/mol. The van der Waals surface area contributed by atoms with E-state index in [1.807, 2.05) is 0 Å². The third kappa shape index (κ3) is 2.08. The van der Waals surface area contributed by atoms with Gasteiger partial charge in [-0.25, -0.2) is 4.79 Å². The van der Waals surface area contributed by atoms with Crippen molar-refractivity contribution in [3.8, 4) is 0 Å². The molecule has 2 heterocycles. The van der Waals surface area contributed by atoms with Crippen molar-refractivity contribution in [1.29, 1.82) is 0 Å². The highest BCUT2D eigenvalue weighted by Gasteiger charge is 2.44. The lowest BCUT2D eigenvalue weighted by Crippen LogP contribution is -2.37. The van der Waals surface area contributed by atoms with Crippen LogP contribution in [-0.2, 0) is 4.74 Å². The molecule has 0 amide bonds. The smallest absolute Gasteiger partial charge is 0.368 e. The molecule has 4 N–H and O–H groups in total. The van der Waals surface area contributed by atoms with E-state index in [0.29, 0.717) is 0 Å². The number of aliphatic hydroxyl groups excluding tert-OH is 3. The summed E-state index contributed by atoms with van der Waals surface area (Å²) >= 11 is 0. The summed E-state index contributed by atoms with van der Waals surface area (Å²) in [6, 6.07) is 0. The molecule has 100 valence electrons. The van der Waals surface area contributed by atoms with Gasteiger partial charge >= 0.3 is 5.69 Å². The summed E-state index contributed by atoms with van der Waals surface area (Å²) in [6.07, 6.45) is -3.46. The largest absolute Gasteiger partial charge is 0.394 e. The lowest BCUT2D eigenvalue weighted by Gasteiger charge is -2.15. The first-order valence-electron chi connectivity index (χ1n) is 5.34. The first kappa shape index (κ1) is 12.9. The highest BCUT2D eigenvalue weighted by Crippen LogP contribution is 2.27. The Morgan fingerprint density at radius 2 is 2.22 bits per heavy atom. The first-order valence-corrected chi connectivity index (χ1v) is 5.34. The summed E-state index contributed by atoms with van der Waals surface area (Å²) < 4.78 is 5.99. The Kier molecular flexibility index (Phi) is 3.57. The fourth-order valence-corrected chi connectivity index (χ4v) is 1.73. The zero-order valence-electron chi connectivity index (χ0n) is 9.59. The quantitative estimate of drug-likeness (QED) is 0.460. The van der Waals surface area contributed by atoms with Gasteiger partial charge in [0.05, 0.1) is 12.8 Å².